The molecule has 2 aromatic rings. The lowest BCUT2D eigenvalue weighted by Gasteiger charge is -2.05. The summed E-state index contributed by atoms with van der Waals surface area (Å²) in [6.07, 6.45) is 1.62. The lowest BCUT2D eigenvalue weighted by Crippen LogP contribution is -2.04. The van der Waals surface area contributed by atoms with E-state index < -0.39 is 0 Å². The molecule has 0 bridgehead atoms. The van der Waals surface area contributed by atoms with Crippen LogP contribution < -0.4 is 0 Å². The molecule has 0 aliphatic rings. The van der Waals surface area contributed by atoms with Crippen molar-refractivity contribution in [3.05, 3.63) is 63.4 Å². The van der Waals surface area contributed by atoms with Gasteiger partial charge < -0.3 is 0 Å². The molecule has 0 spiro atoms. The van der Waals surface area contributed by atoms with Crippen molar-refractivity contribution in [3.63, 3.8) is 0 Å². The maximum atomic E-state index is 12.2. The van der Waals surface area contributed by atoms with Crippen LogP contribution in [0.2, 0.25) is 0 Å². The molecule has 0 unspecified atom stereocenters. The van der Waals surface area contributed by atoms with E-state index >= 15 is 0 Å². The van der Waals surface area contributed by atoms with Crippen molar-refractivity contribution in [1.82, 2.24) is 4.98 Å². The van der Waals surface area contributed by atoms with Crippen LogP contribution in [0, 0.1) is 13.8 Å². The first-order valence-electron chi connectivity index (χ1n) is 5.31. The van der Waals surface area contributed by atoms with Crippen molar-refractivity contribution in [2.75, 3.05) is 0 Å². The van der Waals surface area contributed by atoms with Crippen LogP contribution in [0.25, 0.3) is 0 Å². The fourth-order valence-corrected chi connectivity index (χ4v) is 2.12. The zero-order valence-corrected chi connectivity index (χ0v) is 11.3. The Labute approximate surface area is 109 Å². The second-order valence-electron chi connectivity index (χ2n) is 3.98. The van der Waals surface area contributed by atoms with E-state index in [9.17, 15) is 4.79 Å². The molecule has 0 saturated heterocycles. The summed E-state index contributed by atoms with van der Waals surface area (Å²) in [4.78, 5) is 16.4. The molecule has 3 heteroatoms. The molecule has 0 fully saturated rings. The number of halogens is 1. The van der Waals surface area contributed by atoms with Crippen LogP contribution in [-0.4, -0.2) is 10.8 Å². The van der Waals surface area contributed by atoms with Crippen LogP contribution >= 0.6 is 15.9 Å². The Morgan fingerprint density at radius 3 is 2.53 bits per heavy atom. The fraction of sp³-hybridized carbons (Fsp3) is 0.143. The molecule has 0 N–H and O–H groups in total. The smallest absolute Gasteiger partial charge is 0.194 e. The van der Waals surface area contributed by atoms with Gasteiger partial charge in [0.15, 0.2) is 5.78 Å². The number of ketones is 1. The van der Waals surface area contributed by atoms with Gasteiger partial charge in [-0.05, 0) is 49.7 Å². The minimum absolute atomic E-state index is 0.0162. The summed E-state index contributed by atoms with van der Waals surface area (Å²) >= 11 is 3.39. The minimum atomic E-state index is 0.0162. The van der Waals surface area contributed by atoms with Gasteiger partial charge in [0.2, 0.25) is 0 Å². The lowest BCUT2D eigenvalue weighted by molar-refractivity contribution is 0.103. The lowest BCUT2D eigenvalue weighted by atomic mass is 10.0. The Morgan fingerprint density at radius 1 is 1.18 bits per heavy atom. The summed E-state index contributed by atoms with van der Waals surface area (Å²) in [6, 6.07) is 9.31. The number of benzene rings is 1. The molecule has 0 amide bonds. The molecule has 0 aliphatic carbocycles. The number of hydrogen-bond donors (Lipinski definition) is 0. The third-order valence-electron chi connectivity index (χ3n) is 2.61. The summed E-state index contributed by atoms with van der Waals surface area (Å²) in [5, 5.41) is 0. The predicted molar refractivity (Wildman–Crippen MR) is 71.3 cm³/mol. The molecule has 1 aromatic heterocycles. The summed E-state index contributed by atoms with van der Waals surface area (Å²) in [5.41, 5.74) is 3.22. The standard InChI is InChI=1S/C14H12BrNO/c1-9-7-12(15)5-6-13(9)14(17)11-4-3-10(2)16-8-11/h3-8H,1-2H3. The molecule has 1 aromatic carbocycles. The number of rotatable bonds is 2. The highest BCUT2D eigenvalue weighted by Gasteiger charge is 2.11. The molecule has 0 saturated carbocycles. The average Bonchev–Trinajstić information content (AvgIpc) is 2.29. The Balaban J connectivity index is 2.40. The number of carbonyl (C=O) groups excluding carboxylic acids is 1. The van der Waals surface area contributed by atoms with Crippen LogP contribution in [0.5, 0.6) is 0 Å². The van der Waals surface area contributed by atoms with Crippen molar-refractivity contribution < 1.29 is 4.79 Å². The third-order valence-corrected chi connectivity index (χ3v) is 3.10. The van der Waals surface area contributed by atoms with E-state index in [0.29, 0.717) is 5.56 Å². The van der Waals surface area contributed by atoms with Crippen molar-refractivity contribution in [3.8, 4) is 0 Å². The van der Waals surface area contributed by atoms with Gasteiger partial charge in [0.05, 0.1) is 0 Å². The van der Waals surface area contributed by atoms with Gasteiger partial charge >= 0.3 is 0 Å². The molecular weight excluding hydrogens is 278 g/mol. The Hall–Kier alpha value is -1.48. The largest absolute Gasteiger partial charge is 0.289 e. The van der Waals surface area contributed by atoms with E-state index in [1.54, 1.807) is 6.20 Å². The number of pyridine rings is 1. The van der Waals surface area contributed by atoms with Crippen LogP contribution in [0.1, 0.15) is 27.2 Å². The zero-order valence-electron chi connectivity index (χ0n) is 9.70. The minimum Gasteiger partial charge on any atom is -0.289 e. The highest BCUT2D eigenvalue weighted by atomic mass is 79.9. The van der Waals surface area contributed by atoms with Gasteiger partial charge in [-0.3, -0.25) is 9.78 Å². The Morgan fingerprint density at radius 2 is 1.94 bits per heavy atom. The van der Waals surface area contributed by atoms with Crippen LogP contribution in [-0.2, 0) is 0 Å². The van der Waals surface area contributed by atoms with E-state index in [1.165, 1.54) is 0 Å². The normalized spacial score (nSPS) is 10.3. The second-order valence-corrected chi connectivity index (χ2v) is 4.89. The monoisotopic (exact) mass is 289 g/mol. The van der Waals surface area contributed by atoms with Gasteiger partial charge in [-0.2, -0.15) is 0 Å². The molecule has 2 rings (SSSR count). The zero-order chi connectivity index (χ0) is 12.4. The molecule has 86 valence electrons. The molecule has 2 nitrogen and oxygen atoms in total. The van der Waals surface area contributed by atoms with Crippen molar-refractivity contribution >= 4 is 21.7 Å². The maximum Gasteiger partial charge on any atom is 0.194 e. The number of nitrogens with zero attached hydrogens (tertiary/aromatic N) is 1. The van der Waals surface area contributed by atoms with Gasteiger partial charge in [0.1, 0.15) is 0 Å². The van der Waals surface area contributed by atoms with Crippen LogP contribution in [0.3, 0.4) is 0 Å². The van der Waals surface area contributed by atoms with E-state index in [4.69, 9.17) is 0 Å². The number of aryl methyl sites for hydroxylation is 2. The first-order chi connectivity index (χ1) is 8.08. The fourth-order valence-electron chi connectivity index (χ4n) is 1.64. The molecule has 0 atom stereocenters. The second kappa shape index (κ2) is 4.80. The maximum absolute atomic E-state index is 12.2. The molecule has 1 heterocycles. The van der Waals surface area contributed by atoms with Crippen LogP contribution in [0.15, 0.2) is 41.0 Å². The molecule has 17 heavy (non-hydrogen) atoms. The van der Waals surface area contributed by atoms with Crippen molar-refractivity contribution in [2.24, 2.45) is 0 Å². The van der Waals surface area contributed by atoms with Gasteiger partial charge in [-0.25, -0.2) is 0 Å². The highest BCUT2D eigenvalue weighted by Crippen LogP contribution is 2.18. The van der Waals surface area contributed by atoms with Gasteiger partial charge in [-0.15, -0.1) is 0 Å². The number of hydrogen-bond acceptors (Lipinski definition) is 2. The Kier molecular flexibility index (Phi) is 3.38. The van der Waals surface area contributed by atoms with E-state index in [1.807, 2.05) is 44.2 Å². The average molecular weight is 290 g/mol. The summed E-state index contributed by atoms with van der Waals surface area (Å²) in [6.45, 7) is 3.83. The summed E-state index contributed by atoms with van der Waals surface area (Å²) < 4.78 is 0.980. The first-order valence-corrected chi connectivity index (χ1v) is 6.11. The van der Waals surface area contributed by atoms with Gasteiger partial charge in [0, 0.05) is 27.5 Å². The molecule has 0 radical (unpaired) electrons. The summed E-state index contributed by atoms with van der Waals surface area (Å²) in [5.74, 6) is 0.0162. The van der Waals surface area contributed by atoms with Crippen molar-refractivity contribution in [2.45, 2.75) is 13.8 Å². The van der Waals surface area contributed by atoms with E-state index in [-0.39, 0.29) is 5.78 Å². The van der Waals surface area contributed by atoms with Crippen molar-refractivity contribution in [1.29, 1.82) is 0 Å². The summed E-state index contributed by atoms with van der Waals surface area (Å²) in [7, 11) is 0. The molecular formula is C14H12BrNO. The third kappa shape index (κ3) is 2.61. The van der Waals surface area contributed by atoms with E-state index in [2.05, 4.69) is 20.9 Å². The number of carbonyl (C=O) groups is 1. The SMILES string of the molecule is Cc1ccc(C(=O)c2ccc(Br)cc2C)cn1. The quantitative estimate of drug-likeness (QED) is 0.789. The number of aromatic nitrogens is 1. The van der Waals surface area contributed by atoms with E-state index in [0.717, 1.165) is 21.3 Å². The van der Waals surface area contributed by atoms with Gasteiger partial charge in [-0.1, -0.05) is 15.9 Å². The first kappa shape index (κ1) is 12.0. The predicted octanol–water partition coefficient (Wildman–Crippen LogP) is 3.69. The topological polar surface area (TPSA) is 30.0 Å². The highest BCUT2D eigenvalue weighted by molar-refractivity contribution is 9.10. The Bertz CT molecular complexity index is 561. The molecule has 0 aliphatic heterocycles. The van der Waals surface area contributed by atoms with Crippen LogP contribution in [0.4, 0.5) is 0 Å². The van der Waals surface area contributed by atoms with Gasteiger partial charge in [0.25, 0.3) is 0 Å².